The molecule has 4 heteroatoms. The minimum absolute atomic E-state index is 0.0388. The highest BCUT2D eigenvalue weighted by Gasteiger charge is 2.20. The van der Waals surface area contributed by atoms with Gasteiger partial charge in [-0.1, -0.05) is 19.1 Å². The summed E-state index contributed by atoms with van der Waals surface area (Å²) in [4.78, 5) is 13.7. The van der Waals surface area contributed by atoms with Gasteiger partial charge in [-0.3, -0.25) is 4.79 Å². The first-order valence-corrected chi connectivity index (χ1v) is 5.03. The Morgan fingerprint density at radius 3 is 2.38 bits per heavy atom. The third-order valence-corrected chi connectivity index (χ3v) is 2.34. The summed E-state index contributed by atoms with van der Waals surface area (Å²) in [5, 5.41) is 0. The van der Waals surface area contributed by atoms with Crippen molar-refractivity contribution in [2.75, 3.05) is 13.1 Å². The Morgan fingerprint density at radius 2 is 2.08 bits per heavy atom. The van der Waals surface area contributed by atoms with Crippen molar-refractivity contribution in [1.82, 2.24) is 4.90 Å². The molecule has 0 rings (SSSR count). The summed E-state index contributed by atoms with van der Waals surface area (Å²) in [5.41, 5.74) is 5.41. The first-order valence-electron chi connectivity index (χ1n) is 4.62. The number of thiocarbonyl (C=S) groups is 1. The van der Waals surface area contributed by atoms with Gasteiger partial charge < -0.3 is 10.6 Å². The molecule has 1 amide bonds. The normalized spacial score (nSPS) is 12.2. The molecule has 0 saturated heterocycles. The predicted molar refractivity (Wildman–Crippen MR) is 58.5 cm³/mol. The maximum Gasteiger partial charge on any atom is 0.232 e. The van der Waals surface area contributed by atoms with E-state index in [4.69, 9.17) is 18.0 Å². The second-order valence-corrected chi connectivity index (χ2v) is 3.51. The van der Waals surface area contributed by atoms with Crippen LogP contribution in [0.1, 0.15) is 27.2 Å². The summed E-state index contributed by atoms with van der Waals surface area (Å²) >= 11 is 4.78. The molecule has 1 unspecified atom stereocenters. The van der Waals surface area contributed by atoms with Crippen LogP contribution in [0.5, 0.6) is 0 Å². The Labute approximate surface area is 85.3 Å². The molecular formula is C9H18N2OS. The average molecular weight is 202 g/mol. The smallest absolute Gasteiger partial charge is 0.232 e. The highest BCUT2D eigenvalue weighted by Crippen LogP contribution is 2.03. The van der Waals surface area contributed by atoms with Gasteiger partial charge in [-0.2, -0.15) is 0 Å². The molecule has 0 aliphatic carbocycles. The van der Waals surface area contributed by atoms with Crippen molar-refractivity contribution < 1.29 is 4.79 Å². The maximum atomic E-state index is 11.7. The van der Waals surface area contributed by atoms with Crippen LogP contribution in [0.3, 0.4) is 0 Å². The van der Waals surface area contributed by atoms with Gasteiger partial charge in [-0.15, -0.1) is 0 Å². The summed E-state index contributed by atoms with van der Waals surface area (Å²) < 4.78 is 0. The fourth-order valence-electron chi connectivity index (χ4n) is 1.09. The van der Waals surface area contributed by atoms with Crippen LogP contribution in [0.15, 0.2) is 0 Å². The molecule has 0 aromatic rings. The second-order valence-electron chi connectivity index (χ2n) is 3.04. The Bertz CT molecular complexity index is 194. The Balaban J connectivity index is 4.27. The number of hydrogen-bond acceptors (Lipinski definition) is 2. The molecule has 0 fully saturated rings. The van der Waals surface area contributed by atoms with Crippen LogP contribution in [0, 0.1) is 5.92 Å². The third kappa shape index (κ3) is 3.72. The van der Waals surface area contributed by atoms with Gasteiger partial charge in [-0.05, 0) is 20.3 Å². The molecule has 0 heterocycles. The van der Waals surface area contributed by atoms with Crippen molar-refractivity contribution in [1.29, 1.82) is 0 Å². The maximum absolute atomic E-state index is 11.7. The van der Waals surface area contributed by atoms with Crippen LogP contribution in [0.4, 0.5) is 0 Å². The molecule has 0 spiro atoms. The van der Waals surface area contributed by atoms with Gasteiger partial charge in [0.05, 0.1) is 10.9 Å². The zero-order chi connectivity index (χ0) is 10.4. The number of nitrogens with zero attached hydrogens (tertiary/aromatic N) is 1. The van der Waals surface area contributed by atoms with Gasteiger partial charge in [0, 0.05) is 13.1 Å². The highest BCUT2D eigenvalue weighted by molar-refractivity contribution is 7.80. The lowest BCUT2D eigenvalue weighted by Crippen LogP contribution is -2.40. The molecule has 0 saturated carbocycles. The van der Waals surface area contributed by atoms with E-state index in [-0.39, 0.29) is 16.8 Å². The van der Waals surface area contributed by atoms with E-state index in [1.165, 1.54) is 0 Å². The van der Waals surface area contributed by atoms with Gasteiger partial charge in [0.2, 0.25) is 5.91 Å². The molecule has 2 N–H and O–H groups in total. The molecule has 0 aromatic heterocycles. The highest BCUT2D eigenvalue weighted by atomic mass is 32.1. The van der Waals surface area contributed by atoms with Crippen molar-refractivity contribution in [2.45, 2.75) is 27.2 Å². The summed E-state index contributed by atoms with van der Waals surface area (Å²) in [6, 6.07) is 0. The first kappa shape index (κ1) is 12.4. The monoisotopic (exact) mass is 202 g/mol. The van der Waals surface area contributed by atoms with Gasteiger partial charge >= 0.3 is 0 Å². The molecule has 3 nitrogen and oxygen atoms in total. The first-order chi connectivity index (χ1) is 6.04. The largest absolute Gasteiger partial charge is 0.393 e. The zero-order valence-electron chi connectivity index (χ0n) is 8.54. The number of amides is 1. The van der Waals surface area contributed by atoms with Crippen LogP contribution < -0.4 is 5.73 Å². The van der Waals surface area contributed by atoms with E-state index in [9.17, 15) is 4.79 Å². The summed E-state index contributed by atoms with van der Waals surface area (Å²) in [6.45, 7) is 7.26. The van der Waals surface area contributed by atoms with Gasteiger partial charge in [-0.25, -0.2) is 0 Å². The Morgan fingerprint density at radius 1 is 1.54 bits per heavy atom. The van der Waals surface area contributed by atoms with E-state index >= 15 is 0 Å². The molecule has 0 bridgehead atoms. The van der Waals surface area contributed by atoms with E-state index < -0.39 is 0 Å². The third-order valence-electron chi connectivity index (χ3n) is 1.98. The van der Waals surface area contributed by atoms with Crippen molar-refractivity contribution in [3.05, 3.63) is 0 Å². The summed E-state index contributed by atoms with van der Waals surface area (Å²) in [6.07, 6.45) is 0.962. The van der Waals surface area contributed by atoms with Crippen LogP contribution >= 0.6 is 12.2 Å². The minimum Gasteiger partial charge on any atom is -0.393 e. The topological polar surface area (TPSA) is 46.3 Å². The molecule has 0 aromatic carbocycles. The van der Waals surface area contributed by atoms with Crippen molar-refractivity contribution in [3.8, 4) is 0 Å². The van der Waals surface area contributed by atoms with E-state index in [2.05, 4.69) is 0 Å². The molecule has 1 atom stereocenters. The van der Waals surface area contributed by atoms with E-state index in [1.807, 2.05) is 13.8 Å². The van der Waals surface area contributed by atoms with Crippen molar-refractivity contribution >= 4 is 23.1 Å². The number of carbonyl (C=O) groups excluding carboxylic acids is 1. The van der Waals surface area contributed by atoms with Crippen LogP contribution in [-0.2, 0) is 4.79 Å². The van der Waals surface area contributed by atoms with E-state index in [0.717, 1.165) is 19.5 Å². The molecule has 0 radical (unpaired) electrons. The zero-order valence-corrected chi connectivity index (χ0v) is 9.36. The van der Waals surface area contributed by atoms with Crippen LogP contribution in [0.2, 0.25) is 0 Å². The van der Waals surface area contributed by atoms with Crippen LogP contribution in [-0.4, -0.2) is 28.9 Å². The van der Waals surface area contributed by atoms with Crippen LogP contribution in [0.25, 0.3) is 0 Å². The predicted octanol–water partition coefficient (Wildman–Crippen LogP) is 1.17. The number of rotatable bonds is 5. The molecular weight excluding hydrogens is 184 g/mol. The molecule has 76 valence electrons. The average Bonchev–Trinajstić information content (AvgIpc) is 2.11. The van der Waals surface area contributed by atoms with Gasteiger partial charge in [0.1, 0.15) is 0 Å². The quantitative estimate of drug-likeness (QED) is 0.681. The Hall–Kier alpha value is -0.640. The second kappa shape index (κ2) is 5.91. The standard InChI is InChI=1S/C9H18N2OS/c1-4-6-11(5-2)9(12)7(3)8(10)13/h7H,4-6H2,1-3H3,(H2,10,13). The lowest BCUT2D eigenvalue weighted by molar-refractivity contribution is -0.132. The van der Waals surface area contributed by atoms with E-state index in [0.29, 0.717) is 0 Å². The van der Waals surface area contributed by atoms with Gasteiger partial charge in [0.25, 0.3) is 0 Å². The fourth-order valence-corrected chi connectivity index (χ4v) is 1.19. The van der Waals surface area contributed by atoms with Crippen molar-refractivity contribution in [3.63, 3.8) is 0 Å². The molecule has 13 heavy (non-hydrogen) atoms. The van der Waals surface area contributed by atoms with Gasteiger partial charge in [0.15, 0.2) is 0 Å². The summed E-state index contributed by atoms with van der Waals surface area (Å²) in [5.74, 6) is -0.293. The van der Waals surface area contributed by atoms with E-state index in [1.54, 1.807) is 11.8 Å². The van der Waals surface area contributed by atoms with Crippen molar-refractivity contribution in [2.24, 2.45) is 11.7 Å². The Kier molecular flexibility index (Phi) is 5.62. The minimum atomic E-state index is -0.332. The number of carbonyl (C=O) groups is 1. The number of hydrogen-bond donors (Lipinski definition) is 1. The lowest BCUT2D eigenvalue weighted by atomic mass is 10.1. The number of nitrogens with two attached hydrogens (primary N) is 1. The summed E-state index contributed by atoms with van der Waals surface area (Å²) in [7, 11) is 0. The molecule has 0 aliphatic heterocycles. The lowest BCUT2D eigenvalue weighted by Gasteiger charge is -2.23. The fraction of sp³-hybridized carbons (Fsp3) is 0.778. The SMILES string of the molecule is CCCN(CC)C(=O)C(C)C(N)=S. The molecule has 0 aliphatic rings.